The molecule has 1 aliphatic rings. The SMILES string of the molecule is O=C(O)COc1cccc2c1CCC(C(=O)NOC(c1ccccc1)c1ccccc1)C2. The van der Waals surface area contributed by atoms with Crippen molar-refractivity contribution >= 4 is 11.9 Å². The Morgan fingerprint density at radius 1 is 0.938 bits per heavy atom. The highest BCUT2D eigenvalue weighted by Crippen LogP contribution is 2.33. The highest BCUT2D eigenvalue weighted by Gasteiger charge is 2.28. The van der Waals surface area contributed by atoms with E-state index in [0.29, 0.717) is 25.0 Å². The van der Waals surface area contributed by atoms with Gasteiger partial charge in [-0.15, -0.1) is 0 Å². The lowest BCUT2D eigenvalue weighted by atomic mass is 9.83. The summed E-state index contributed by atoms with van der Waals surface area (Å²) >= 11 is 0. The van der Waals surface area contributed by atoms with Crippen LogP contribution in [0.1, 0.15) is 34.8 Å². The van der Waals surface area contributed by atoms with E-state index in [4.69, 9.17) is 14.7 Å². The number of benzene rings is 3. The lowest BCUT2D eigenvalue weighted by Crippen LogP contribution is -2.35. The zero-order valence-electron chi connectivity index (χ0n) is 17.6. The number of amides is 1. The van der Waals surface area contributed by atoms with Crippen LogP contribution in [0.3, 0.4) is 0 Å². The van der Waals surface area contributed by atoms with E-state index in [1.54, 1.807) is 6.07 Å². The van der Waals surface area contributed by atoms with Gasteiger partial charge >= 0.3 is 5.97 Å². The van der Waals surface area contributed by atoms with Gasteiger partial charge in [-0.05, 0) is 47.6 Å². The molecule has 1 amide bonds. The Bertz CT molecular complexity index is 1030. The van der Waals surface area contributed by atoms with Crippen LogP contribution in [0.15, 0.2) is 78.9 Å². The summed E-state index contributed by atoms with van der Waals surface area (Å²) in [5.74, 6) is -0.832. The van der Waals surface area contributed by atoms with Gasteiger partial charge in [-0.1, -0.05) is 72.8 Å². The van der Waals surface area contributed by atoms with Gasteiger partial charge in [0.15, 0.2) is 6.61 Å². The van der Waals surface area contributed by atoms with Crippen LogP contribution in [0.25, 0.3) is 0 Å². The Balaban J connectivity index is 1.43. The van der Waals surface area contributed by atoms with Crippen molar-refractivity contribution in [3.63, 3.8) is 0 Å². The van der Waals surface area contributed by atoms with Crippen LogP contribution in [0.2, 0.25) is 0 Å². The summed E-state index contributed by atoms with van der Waals surface area (Å²) < 4.78 is 5.41. The molecule has 0 radical (unpaired) electrons. The molecule has 0 spiro atoms. The number of rotatable bonds is 8. The first kappa shape index (κ1) is 21.6. The number of carboxylic acid groups (broad SMARTS) is 1. The molecule has 0 heterocycles. The van der Waals surface area contributed by atoms with Crippen LogP contribution in [0.5, 0.6) is 5.75 Å². The van der Waals surface area contributed by atoms with Gasteiger partial charge in [0.2, 0.25) is 5.91 Å². The maximum atomic E-state index is 12.9. The van der Waals surface area contributed by atoms with E-state index >= 15 is 0 Å². The Hall–Kier alpha value is -3.64. The second kappa shape index (κ2) is 10.1. The molecule has 164 valence electrons. The number of aliphatic carboxylic acids is 1. The fourth-order valence-electron chi connectivity index (χ4n) is 4.06. The second-order valence-electron chi connectivity index (χ2n) is 7.80. The molecule has 0 saturated heterocycles. The summed E-state index contributed by atoms with van der Waals surface area (Å²) in [6.45, 7) is -0.380. The van der Waals surface area contributed by atoms with Gasteiger partial charge < -0.3 is 9.84 Å². The van der Waals surface area contributed by atoms with E-state index in [1.165, 1.54) is 0 Å². The molecule has 0 saturated carbocycles. The van der Waals surface area contributed by atoms with Crippen molar-refractivity contribution in [2.75, 3.05) is 6.61 Å². The highest BCUT2D eigenvalue weighted by atomic mass is 16.7. The zero-order valence-corrected chi connectivity index (χ0v) is 17.6. The average molecular weight is 431 g/mol. The van der Waals surface area contributed by atoms with Crippen molar-refractivity contribution in [3.05, 3.63) is 101 Å². The lowest BCUT2D eigenvalue weighted by molar-refractivity contribution is -0.141. The van der Waals surface area contributed by atoms with E-state index in [2.05, 4.69) is 5.48 Å². The molecule has 4 rings (SSSR count). The molecule has 0 fully saturated rings. The third-order valence-corrected chi connectivity index (χ3v) is 5.64. The zero-order chi connectivity index (χ0) is 22.3. The standard InChI is InChI=1S/C26H25NO5/c28-24(29)17-31-23-13-7-12-20-16-21(14-15-22(20)23)26(30)27-32-25(18-8-3-1-4-9-18)19-10-5-2-6-11-19/h1-13,21,25H,14-17H2,(H,27,30)(H,28,29). The van der Waals surface area contributed by atoms with Crippen molar-refractivity contribution in [2.45, 2.75) is 25.4 Å². The number of carboxylic acids is 1. The molecule has 6 nitrogen and oxygen atoms in total. The quantitative estimate of drug-likeness (QED) is 0.525. The normalized spacial score (nSPS) is 15.1. The number of ether oxygens (including phenoxy) is 1. The van der Waals surface area contributed by atoms with Gasteiger partial charge in [0.25, 0.3) is 0 Å². The molecule has 0 aromatic heterocycles. The van der Waals surface area contributed by atoms with Crippen LogP contribution in [-0.2, 0) is 27.3 Å². The topological polar surface area (TPSA) is 84.9 Å². The summed E-state index contributed by atoms with van der Waals surface area (Å²) in [7, 11) is 0. The van der Waals surface area contributed by atoms with E-state index < -0.39 is 12.1 Å². The van der Waals surface area contributed by atoms with Crippen molar-refractivity contribution in [1.29, 1.82) is 0 Å². The third kappa shape index (κ3) is 5.15. The van der Waals surface area contributed by atoms with Gasteiger partial charge in [-0.25, -0.2) is 10.3 Å². The third-order valence-electron chi connectivity index (χ3n) is 5.64. The minimum absolute atomic E-state index is 0.163. The van der Waals surface area contributed by atoms with E-state index in [0.717, 1.165) is 22.3 Å². The molecule has 1 unspecified atom stereocenters. The molecule has 0 bridgehead atoms. The molecule has 6 heteroatoms. The van der Waals surface area contributed by atoms with Crippen LogP contribution in [0, 0.1) is 5.92 Å². The Labute approximate surface area is 186 Å². The van der Waals surface area contributed by atoms with Crippen LogP contribution in [-0.4, -0.2) is 23.6 Å². The molecule has 2 N–H and O–H groups in total. The van der Waals surface area contributed by atoms with E-state index in [1.807, 2.05) is 72.8 Å². The molecule has 32 heavy (non-hydrogen) atoms. The summed E-state index contributed by atoms with van der Waals surface area (Å²) in [5.41, 5.74) is 6.57. The summed E-state index contributed by atoms with van der Waals surface area (Å²) in [5, 5.41) is 8.87. The van der Waals surface area contributed by atoms with Crippen LogP contribution in [0.4, 0.5) is 0 Å². The van der Waals surface area contributed by atoms with Crippen LogP contribution >= 0.6 is 0 Å². The van der Waals surface area contributed by atoms with E-state index in [9.17, 15) is 9.59 Å². The molecule has 3 aromatic rings. The Kier molecular flexibility index (Phi) is 6.82. The first-order valence-electron chi connectivity index (χ1n) is 10.6. The summed E-state index contributed by atoms with van der Waals surface area (Å²) in [6.07, 6.45) is 1.42. The maximum Gasteiger partial charge on any atom is 0.341 e. The minimum Gasteiger partial charge on any atom is -0.482 e. The number of fused-ring (bicyclic) bond motifs is 1. The largest absolute Gasteiger partial charge is 0.482 e. The highest BCUT2D eigenvalue weighted by molar-refractivity contribution is 5.78. The smallest absolute Gasteiger partial charge is 0.341 e. The molecule has 1 atom stereocenters. The fraction of sp³-hybridized carbons (Fsp3) is 0.231. The number of hydrogen-bond donors (Lipinski definition) is 2. The first-order valence-corrected chi connectivity index (χ1v) is 10.6. The first-order chi connectivity index (χ1) is 15.6. The minimum atomic E-state index is -1.01. The Morgan fingerprint density at radius 3 is 2.22 bits per heavy atom. The van der Waals surface area contributed by atoms with E-state index in [-0.39, 0.29) is 18.4 Å². The van der Waals surface area contributed by atoms with Crippen molar-refractivity contribution in [1.82, 2.24) is 5.48 Å². The number of hydrogen-bond acceptors (Lipinski definition) is 4. The van der Waals surface area contributed by atoms with Gasteiger partial charge in [0.05, 0.1) is 0 Å². The van der Waals surface area contributed by atoms with Gasteiger partial charge in [-0.3, -0.25) is 9.63 Å². The molecular weight excluding hydrogens is 406 g/mol. The lowest BCUT2D eigenvalue weighted by Gasteiger charge is -2.26. The fourth-order valence-corrected chi connectivity index (χ4v) is 4.06. The monoisotopic (exact) mass is 431 g/mol. The predicted molar refractivity (Wildman–Crippen MR) is 119 cm³/mol. The maximum absolute atomic E-state index is 12.9. The van der Waals surface area contributed by atoms with Gasteiger partial charge in [0.1, 0.15) is 11.9 Å². The molecule has 3 aromatic carbocycles. The molecule has 1 aliphatic carbocycles. The number of hydroxylamine groups is 1. The number of nitrogens with one attached hydrogen (secondary N) is 1. The number of carbonyl (C=O) groups is 2. The predicted octanol–water partition coefficient (Wildman–Crippen LogP) is 4.09. The Morgan fingerprint density at radius 2 is 1.59 bits per heavy atom. The number of carbonyl (C=O) groups excluding carboxylic acids is 1. The molecular formula is C26H25NO5. The summed E-state index contributed by atoms with van der Waals surface area (Å²) in [4.78, 5) is 29.7. The van der Waals surface area contributed by atoms with Crippen molar-refractivity contribution in [2.24, 2.45) is 5.92 Å². The van der Waals surface area contributed by atoms with Gasteiger partial charge in [0, 0.05) is 5.92 Å². The second-order valence-corrected chi connectivity index (χ2v) is 7.80. The van der Waals surface area contributed by atoms with Gasteiger partial charge in [-0.2, -0.15) is 0 Å². The summed E-state index contributed by atoms with van der Waals surface area (Å²) in [6, 6.07) is 25.1. The molecule has 0 aliphatic heterocycles. The van der Waals surface area contributed by atoms with Crippen LogP contribution < -0.4 is 10.2 Å². The average Bonchev–Trinajstić information content (AvgIpc) is 2.83. The van der Waals surface area contributed by atoms with Crippen molar-refractivity contribution < 1.29 is 24.3 Å². The van der Waals surface area contributed by atoms with Crippen molar-refractivity contribution in [3.8, 4) is 5.75 Å².